The second kappa shape index (κ2) is 25.5. The highest BCUT2D eigenvalue weighted by molar-refractivity contribution is 7.00. The van der Waals surface area contributed by atoms with Gasteiger partial charge in [-0.2, -0.15) is 0 Å². The van der Waals surface area contributed by atoms with Gasteiger partial charge in [0, 0.05) is 55.8 Å². The molecule has 1 aromatic heterocycles. The fourth-order valence-electron chi connectivity index (χ4n) is 16.7. The lowest BCUT2D eigenvalue weighted by atomic mass is 9.33. The number of fused-ring (bicyclic) bond motifs is 7. The normalized spacial score (nSPS) is 12.3. The third kappa shape index (κ3) is 10.6. The molecule has 0 fully saturated rings. The van der Waals surface area contributed by atoms with Gasteiger partial charge in [0.2, 0.25) is 0 Å². The van der Waals surface area contributed by atoms with Gasteiger partial charge in [-0.1, -0.05) is 318 Å². The number of anilines is 6. The predicted octanol–water partition coefficient (Wildman–Crippen LogP) is 25.1. The molecule has 0 saturated heterocycles. The van der Waals surface area contributed by atoms with Crippen LogP contribution in [-0.2, 0) is 0 Å². The Labute approximate surface area is 599 Å². The molecule has 0 N–H and O–H groups in total. The zero-order chi connectivity index (χ0) is 68.7. The van der Waals surface area contributed by atoms with E-state index in [4.69, 9.17) is 0 Å². The Kier molecular flexibility index (Phi) is 15.5. The van der Waals surface area contributed by atoms with Crippen LogP contribution >= 0.6 is 0 Å². The van der Waals surface area contributed by atoms with Gasteiger partial charge in [-0.05, 0) is 181 Å². The van der Waals surface area contributed by atoms with Crippen molar-refractivity contribution in [2.24, 2.45) is 0 Å². The topological polar surface area (TPSA) is 11.4 Å². The average molecular weight is 1310 g/mol. The van der Waals surface area contributed by atoms with Crippen LogP contribution in [0.5, 0.6) is 0 Å². The fourth-order valence-corrected chi connectivity index (χ4v) is 16.7. The van der Waals surface area contributed by atoms with Crippen molar-refractivity contribution in [3.8, 4) is 94.7 Å². The maximum Gasteiger partial charge on any atom is 0.252 e. The summed E-state index contributed by atoms with van der Waals surface area (Å²) in [6, 6.07) is 129. The number of hydrogen-bond acceptors (Lipinski definition) is 2. The van der Waals surface area contributed by atoms with Crippen LogP contribution in [0.3, 0.4) is 0 Å². The Morgan fingerprint density at radius 3 is 0.922 bits per heavy atom. The second-order valence-electron chi connectivity index (χ2n) is 28.4. The van der Waals surface area contributed by atoms with Gasteiger partial charge < -0.3 is 14.4 Å². The lowest BCUT2D eigenvalue weighted by Gasteiger charge is -2.46. The van der Waals surface area contributed by atoms with Crippen LogP contribution < -0.4 is 26.2 Å². The summed E-state index contributed by atoms with van der Waals surface area (Å²) in [6.45, 7) is 13.6. The summed E-state index contributed by atoms with van der Waals surface area (Å²) in [5.74, 6) is 0.560. The molecule has 0 amide bonds. The standard InChI is InChI=1S/C98H76BN3/c1-63(2)82-53-65(5)45-49-78(82)73-47-51-88-92(59-73)101(97-84(69-33-17-9-18-34-69)55-75(67-29-13-7-14-30-67)56-85(97)70-35-19-10-20-36-70)94-61-77(100-90-43-27-25-41-80(90)81-42-26-28-44-91(81)100)62-95-96(94)99(88)89-52-48-74(79-50-46-66(6)54-83(79)64(3)4)60-93(89)102(95)98-86(71-37-21-11-22-38-71)57-76(68-31-15-8-16-32-68)58-87(98)72-39-23-12-24-40-72/h7-64H,1-6H3. The molecule has 2 aliphatic heterocycles. The molecule has 102 heavy (non-hydrogen) atoms. The molecule has 0 bridgehead atoms. The SMILES string of the molecule is Cc1ccc(-c2ccc3c(c2)N(c2c(-c4ccccc4)cc(-c4ccccc4)cc2-c2ccccc2)c2cc(-n4c5ccccc5c5ccccc54)cc4c2B3c2ccc(-c3ccc(C)cc3C(C)C)cc2N4c2c(-c3ccccc3)cc(-c3ccccc3)cc2-c2ccccc2)c(C(C)C)c1. The monoisotopic (exact) mass is 1310 g/mol. The first-order valence-corrected chi connectivity index (χ1v) is 36.1. The highest BCUT2D eigenvalue weighted by Gasteiger charge is 2.46. The highest BCUT2D eigenvalue weighted by atomic mass is 15.2. The third-order valence-corrected chi connectivity index (χ3v) is 21.4. The van der Waals surface area contributed by atoms with Gasteiger partial charge in [0.1, 0.15) is 0 Å². The summed E-state index contributed by atoms with van der Waals surface area (Å²) in [7, 11) is 0. The first kappa shape index (κ1) is 62.0. The van der Waals surface area contributed by atoms with E-state index in [1.165, 1.54) is 71.7 Å². The summed E-state index contributed by atoms with van der Waals surface area (Å²) in [5, 5.41) is 2.41. The van der Waals surface area contributed by atoms with Crippen LogP contribution in [0.2, 0.25) is 0 Å². The first-order chi connectivity index (χ1) is 50.1. The summed E-state index contributed by atoms with van der Waals surface area (Å²) >= 11 is 0. The molecule has 18 rings (SSSR count). The molecule has 0 aliphatic carbocycles. The zero-order valence-corrected chi connectivity index (χ0v) is 58.4. The minimum Gasteiger partial charge on any atom is -0.310 e. The van der Waals surface area contributed by atoms with E-state index in [9.17, 15) is 0 Å². The van der Waals surface area contributed by atoms with Crippen molar-refractivity contribution in [3.05, 3.63) is 362 Å². The van der Waals surface area contributed by atoms with E-state index >= 15 is 0 Å². The van der Waals surface area contributed by atoms with Crippen LogP contribution in [0, 0.1) is 13.8 Å². The molecule has 0 spiro atoms. The van der Waals surface area contributed by atoms with Gasteiger partial charge in [0.05, 0.1) is 28.1 Å². The van der Waals surface area contributed by atoms with Crippen LogP contribution in [0.25, 0.3) is 117 Å². The number of benzene rings is 15. The van der Waals surface area contributed by atoms with Crippen molar-refractivity contribution in [2.75, 3.05) is 9.80 Å². The molecule has 0 radical (unpaired) electrons. The number of para-hydroxylation sites is 2. The number of aromatic nitrogens is 1. The average Bonchev–Trinajstić information content (AvgIpc) is 1.23. The summed E-state index contributed by atoms with van der Waals surface area (Å²) in [5.41, 5.74) is 37.4. The largest absolute Gasteiger partial charge is 0.310 e. The summed E-state index contributed by atoms with van der Waals surface area (Å²) < 4.78 is 2.55. The van der Waals surface area contributed by atoms with Gasteiger partial charge in [-0.15, -0.1) is 0 Å². The summed E-state index contributed by atoms with van der Waals surface area (Å²) in [4.78, 5) is 5.45. The van der Waals surface area contributed by atoms with E-state index in [1.54, 1.807) is 0 Å². The van der Waals surface area contributed by atoms with E-state index in [1.807, 2.05) is 0 Å². The van der Waals surface area contributed by atoms with Crippen molar-refractivity contribution in [1.82, 2.24) is 4.57 Å². The smallest absolute Gasteiger partial charge is 0.252 e. The van der Waals surface area contributed by atoms with Crippen LogP contribution in [0.4, 0.5) is 34.1 Å². The lowest BCUT2D eigenvalue weighted by Crippen LogP contribution is -2.61. The lowest BCUT2D eigenvalue weighted by molar-refractivity contribution is 0.867. The summed E-state index contributed by atoms with van der Waals surface area (Å²) in [6.07, 6.45) is 0. The van der Waals surface area contributed by atoms with Crippen molar-refractivity contribution in [3.63, 3.8) is 0 Å². The Balaban J connectivity index is 1.06. The van der Waals surface area contributed by atoms with Crippen molar-refractivity contribution in [2.45, 2.75) is 53.4 Å². The van der Waals surface area contributed by atoms with E-state index in [0.29, 0.717) is 0 Å². The minimum atomic E-state index is -0.249. The zero-order valence-electron chi connectivity index (χ0n) is 58.4. The molecular formula is C98H76BN3. The Bertz CT molecular complexity index is 5420. The van der Waals surface area contributed by atoms with Gasteiger partial charge in [0.15, 0.2) is 0 Å². The van der Waals surface area contributed by atoms with E-state index < -0.39 is 0 Å². The molecule has 486 valence electrons. The minimum absolute atomic E-state index is 0.249. The van der Waals surface area contributed by atoms with Crippen LogP contribution in [0.15, 0.2) is 340 Å². The molecule has 4 heteroatoms. The molecule has 3 heterocycles. The number of aryl methyl sites for hydroxylation is 2. The Morgan fingerprint density at radius 2 is 0.578 bits per heavy atom. The third-order valence-electron chi connectivity index (χ3n) is 21.4. The van der Waals surface area contributed by atoms with Gasteiger partial charge in [0.25, 0.3) is 6.71 Å². The van der Waals surface area contributed by atoms with Crippen LogP contribution in [0.1, 0.15) is 61.8 Å². The predicted molar refractivity (Wildman–Crippen MR) is 436 cm³/mol. The molecule has 0 saturated carbocycles. The van der Waals surface area contributed by atoms with Crippen molar-refractivity contribution in [1.29, 1.82) is 0 Å². The molecule has 2 aliphatic rings. The van der Waals surface area contributed by atoms with Gasteiger partial charge >= 0.3 is 0 Å². The molecule has 0 unspecified atom stereocenters. The maximum atomic E-state index is 2.72. The maximum absolute atomic E-state index is 2.72. The molecular weight excluding hydrogens is 1230 g/mol. The van der Waals surface area contributed by atoms with E-state index in [-0.39, 0.29) is 18.5 Å². The fraction of sp³-hybridized carbons (Fsp3) is 0.0816. The molecule has 16 aromatic rings. The molecule has 0 atom stereocenters. The van der Waals surface area contributed by atoms with E-state index in [0.717, 1.165) is 118 Å². The van der Waals surface area contributed by atoms with Crippen LogP contribution in [-0.4, -0.2) is 11.3 Å². The first-order valence-electron chi connectivity index (χ1n) is 36.1. The number of hydrogen-bond donors (Lipinski definition) is 0. The van der Waals surface area contributed by atoms with Crippen molar-refractivity contribution < 1.29 is 0 Å². The van der Waals surface area contributed by atoms with Gasteiger partial charge in [-0.3, -0.25) is 0 Å². The Hall–Kier alpha value is -12.2. The molecule has 3 nitrogen and oxygen atoms in total. The van der Waals surface area contributed by atoms with Gasteiger partial charge in [-0.25, -0.2) is 0 Å². The molecule has 15 aromatic carbocycles. The number of nitrogens with zero attached hydrogens (tertiary/aromatic N) is 3. The highest BCUT2D eigenvalue weighted by Crippen LogP contribution is 2.56. The Morgan fingerprint density at radius 1 is 0.255 bits per heavy atom. The van der Waals surface area contributed by atoms with E-state index in [2.05, 4.69) is 396 Å². The number of rotatable bonds is 13. The second-order valence-corrected chi connectivity index (χ2v) is 28.4. The quantitative estimate of drug-likeness (QED) is 0.107. The van der Waals surface area contributed by atoms with Crippen molar-refractivity contribution >= 4 is 79.0 Å².